The SMILES string of the molecule is C=CC[C@H](O)P(=O)(OC)OC. The van der Waals surface area contributed by atoms with Crippen molar-refractivity contribution in [3.05, 3.63) is 12.7 Å². The zero-order valence-electron chi connectivity index (χ0n) is 6.69. The molecule has 0 aliphatic heterocycles. The van der Waals surface area contributed by atoms with Gasteiger partial charge >= 0.3 is 7.60 Å². The van der Waals surface area contributed by atoms with Gasteiger partial charge in [0, 0.05) is 20.6 Å². The van der Waals surface area contributed by atoms with Crippen LogP contribution in [0.25, 0.3) is 0 Å². The molecule has 4 nitrogen and oxygen atoms in total. The van der Waals surface area contributed by atoms with Crippen LogP contribution in [0.2, 0.25) is 0 Å². The molecule has 0 aromatic carbocycles. The van der Waals surface area contributed by atoms with Crippen LogP contribution in [0.1, 0.15) is 6.42 Å². The molecule has 0 aromatic heterocycles. The van der Waals surface area contributed by atoms with Crippen LogP contribution in [0.15, 0.2) is 12.7 Å². The molecule has 0 bridgehead atoms. The van der Waals surface area contributed by atoms with Gasteiger partial charge in [0.05, 0.1) is 0 Å². The highest BCUT2D eigenvalue weighted by molar-refractivity contribution is 7.54. The fourth-order valence-corrected chi connectivity index (χ4v) is 1.64. The lowest BCUT2D eigenvalue weighted by Gasteiger charge is -2.17. The molecule has 0 saturated heterocycles. The summed E-state index contributed by atoms with van der Waals surface area (Å²) in [6.45, 7) is 3.39. The molecule has 11 heavy (non-hydrogen) atoms. The first kappa shape index (κ1) is 10.8. The van der Waals surface area contributed by atoms with E-state index in [2.05, 4.69) is 15.6 Å². The van der Waals surface area contributed by atoms with E-state index in [0.29, 0.717) is 0 Å². The number of hydrogen-bond donors (Lipinski definition) is 1. The van der Waals surface area contributed by atoms with Gasteiger partial charge in [0.2, 0.25) is 0 Å². The van der Waals surface area contributed by atoms with Gasteiger partial charge in [-0.2, -0.15) is 0 Å². The van der Waals surface area contributed by atoms with E-state index in [1.165, 1.54) is 20.3 Å². The Kier molecular flexibility index (Phi) is 4.61. The van der Waals surface area contributed by atoms with E-state index in [1.54, 1.807) is 0 Å². The molecule has 1 N–H and O–H groups in total. The summed E-state index contributed by atoms with van der Waals surface area (Å²) in [5.41, 5.74) is 0. The quantitative estimate of drug-likeness (QED) is 0.512. The molecule has 66 valence electrons. The Morgan fingerprint density at radius 1 is 1.64 bits per heavy atom. The van der Waals surface area contributed by atoms with Crippen LogP contribution >= 0.6 is 7.60 Å². The van der Waals surface area contributed by atoms with Gasteiger partial charge in [-0.05, 0) is 0 Å². The molecule has 0 aromatic rings. The third-order valence-corrected chi connectivity index (χ3v) is 3.21. The van der Waals surface area contributed by atoms with Gasteiger partial charge < -0.3 is 14.2 Å². The third-order valence-electron chi connectivity index (χ3n) is 1.25. The summed E-state index contributed by atoms with van der Waals surface area (Å²) < 4.78 is 20.4. The normalized spacial score (nSPS) is 14.5. The first-order chi connectivity index (χ1) is 5.10. The number of aliphatic hydroxyl groups excluding tert-OH is 1. The van der Waals surface area contributed by atoms with Gasteiger partial charge in [-0.1, -0.05) is 6.08 Å². The van der Waals surface area contributed by atoms with Crippen molar-refractivity contribution in [1.82, 2.24) is 0 Å². The fourth-order valence-electron chi connectivity index (χ4n) is 0.596. The maximum atomic E-state index is 11.3. The van der Waals surface area contributed by atoms with Crippen LogP contribution in [0, 0.1) is 0 Å². The second kappa shape index (κ2) is 4.67. The van der Waals surface area contributed by atoms with Crippen molar-refractivity contribution in [2.45, 2.75) is 12.3 Å². The molecule has 0 spiro atoms. The Balaban J connectivity index is 4.24. The van der Waals surface area contributed by atoms with Crippen molar-refractivity contribution < 1.29 is 18.7 Å². The Labute approximate surface area is 66.4 Å². The molecule has 0 rings (SSSR count). The summed E-state index contributed by atoms with van der Waals surface area (Å²) in [6, 6.07) is 0. The monoisotopic (exact) mass is 180 g/mol. The smallest absolute Gasteiger partial charge is 0.358 e. The van der Waals surface area contributed by atoms with Crippen LogP contribution in [-0.4, -0.2) is 25.2 Å². The van der Waals surface area contributed by atoms with Gasteiger partial charge in [-0.15, -0.1) is 6.58 Å². The molecular formula is C6H13O4P. The zero-order valence-corrected chi connectivity index (χ0v) is 7.58. The molecule has 5 heteroatoms. The van der Waals surface area contributed by atoms with E-state index in [1.807, 2.05) is 0 Å². The van der Waals surface area contributed by atoms with Crippen molar-refractivity contribution in [2.24, 2.45) is 0 Å². The highest BCUT2D eigenvalue weighted by Gasteiger charge is 2.30. The van der Waals surface area contributed by atoms with Crippen LogP contribution in [0.5, 0.6) is 0 Å². The average Bonchev–Trinajstić information content (AvgIpc) is 2.03. The number of hydrogen-bond acceptors (Lipinski definition) is 4. The minimum atomic E-state index is -3.30. The summed E-state index contributed by atoms with van der Waals surface area (Å²) in [5.74, 6) is -1.12. The van der Waals surface area contributed by atoms with Gasteiger partial charge in [-0.25, -0.2) is 0 Å². The Morgan fingerprint density at radius 2 is 2.09 bits per heavy atom. The minimum absolute atomic E-state index is 0.193. The van der Waals surface area contributed by atoms with Crippen molar-refractivity contribution in [3.8, 4) is 0 Å². The standard InChI is InChI=1S/C6H13O4P/c1-4-5-6(7)11(8,9-2)10-3/h4,6-7H,1,5H2,2-3H3/t6-/m1/s1. The van der Waals surface area contributed by atoms with Crippen LogP contribution in [0.4, 0.5) is 0 Å². The maximum absolute atomic E-state index is 11.3. The van der Waals surface area contributed by atoms with Crippen molar-refractivity contribution in [1.29, 1.82) is 0 Å². The van der Waals surface area contributed by atoms with E-state index >= 15 is 0 Å². The summed E-state index contributed by atoms with van der Waals surface area (Å²) in [7, 11) is -0.839. The molecule has 0 aliphatic rings. The van der Waals surface area contributed by atoms with Gasteiger partial charge in [0.25, 0.3) is 0 Å². The lowest BCUT2D eigenvalue weighted by molar-refractivity contribution is 0.176. The van der Waals surface area contributed by atoms with E-state index in [4.69, 9.17) is 0 Å². The highest BCUT2D eigenvalue weighted by atomic mass is 31.2. The summed E-state index contributed by atoms with van der Waals surface area (Å²) >= 11 is 0. The predicted octanol–water partition coefficient (Wildman–Crippen LogP) is 1.37. The zero-order chi connectivity index (χ0) is 8.91. The lowest BCUT2D eigenvalue weighted by Crippen LogP contribution is -2.08. The van der Waals surface area contributed by atoms with E-state index in [0.717, 1.165) is 0 Å². The molecule has 0 saturated carbocycles. The van der Waals surface area contributed by atoms with Crippen molar-refractivity contribution in [2.75, 3.05) is 14.2 Å². The van der Waals surface area contributed by atoms with E-state index in [-0.39, 0.29) is 6.42 Å². The first-order valence-electron chi connectivity index (χ1n) is 3.11. The van der Waals surface area contributed by atoms with Crippen LogP contribution in [0.3, 0.4) is 0 Å². The fraction of sp³-hybridized carbons (Fsp3) is 0.667. The lowest BCUT2D eigenvalue weighted by atomic mass is 10.5. The molecule has 0 radical (unpaired) electrons. The molecular weight excluding hydrogens is 167 g/mol. The number of rotatable bonds is 5. The average molecular weight is 180 g/mol. The second-order valence-corrected chi connectivity index (χ2v) is 4.32. The topological polar surface area (TPSA) is 55.8 Å². The minimum Gasteiger partial charge on any atom is -0.380 e. The molecule has 0 heterocycles. The van der Waals surface area contributed by atoms with Crippen LogP contribution < -0.4 is 0 Å². The molecule has 0 fully saturated rings. The Morgan fingerprint density at radius 3 is 2.36 bits per heavy atom. The van der Waals surface area contributed by atoms with E-state index < -0.39 is 13.4 Å². The van der Waals surface area contributed by atoms with Crippen LogP contribution in [-0.2, 0) is 13.6 Å². The maximum Gasteiger partial charge on any atom is 0.358 e. The molecule has 0 aliphatic carbocycles. The summed E-state index contributed by atoms with van der Waals surface area (Å²) in [5, 5.41) is 9.18. The summed E-state index contributed by atoms with van der Waals surface area (Å²) in [4.78, 5) is 0. The second-order valence-electron chi connectivity index (χ2n) is 1.91. The number of aliphatic hydroxyl groups is 1. The summed E-state index contributed by atoms with van der Waals surface area (Å²) in [6.07, 6.45) is 1.65. The predicted molar refractivity (Wildman–Crippen MR) is 42.4 cm³/mol. The van der Waals surface area contributed by atoms with Crippen molar-refractivity contribution >= 4 is 7.60 Å². The molecule has 1 atom stereocenters. The Hall–Kier alpha value is -0.150. The van der Waals surface area contributed by atoms with Gasteiger partial charge in [0.1, 0.15) is 0 Å². The van der Waals surface area contributed by atoms with E-state index in [9.17, 15) is 9.67 Å². The molecule has 0 unspecified atom stereocenters. The highest BCUT2D eigenvalue weighted by Crippen LogP contribution is 2.51. The van der Waals surface area contributed by atoms with Crippen molar-refractivity contribution in [3.63, 3.8) is 0 Å². The largest absolute Gasteiger partial charge is 0.380 e. The van der Waals surface area contributed by atoms with Gasteiger partial charge in [-0.3, -0.25) is 4.57 Å². The van der Waals surface area contributed by atoms with Gasteiger partial charge in [0.15, 0.2) is 5.85 Å². The Bertz CT molecular complexity index is 160. The molecule has 0 amide bonds. The third kappa shape index (κ3) is 2.75. The first-order valence-corrected chi connectivity index (χ1v) is 4.72.